The van der Waals surface area contributed by atoms with Crippen molar-refractivity contribution in [2.45, 2.75) is 20.8 Å². The van der Waals surface area contributed by atoms with Crippen LogP contribution in [0.15, 0.2) is 24.3 Å². The van der Waals surface area contributed by atoms with Crippen molar-refractivity contribution in [1.82, 2.24) is 0 Å². The van der Waals surface area contributed by atoms with Crippen LogP contribution in [-0.2, 0) is 0 Å². The van der Waals surface area contributed by atoms with E-state index in [2.05, 4.69) is 6.58 Å². The van der Waals surface area contributed by atoms with Gasteiger partial charge in [0.2, 0.25) is 0 Å². The first kappa shape index (κ1) is 10.6. The Morgan fingerprint density at radius 2 is 2.07 bits per heavy atom. The van der Waals surface area contributed by atoms with Crippen molar-refractivity contribution >= 4 is 5.69 Å². The average Bonchev–Trinajstić information content (AvgIpc) is 2.08. The summed E-state index contributed by atoms with van der Waals surface area (Å²) in [6.45, 7) is 10.2. The highest BCUT2D eigenvalue weighted by Crippen LogP contribution is 2.26. The molecular formula is C12H17NO. The Morgan fingerprint density at radius 3 is 2.64 bits per heavy atom. The summed E-state index contributed by atoms with van der Waals surface area (Å²) in [4.78, 5) is 0. The number of benzene rings is 1. The molecule has 0 saturated carbocycles. The minimum absolute atomic E-state index is 0.521. The van der Waals surface area contributed by atoms with Gasteiger partial charge in [-0.25, -0.2) is 0 Å². The lowest BCUT2D eigenvalue weighted by atomic mass is 10.1. The molecule has 2 nitrogen and oxygen atoms in total. The summed E-state index contributed by atoms with van der Waals surface area (Å²) in [5, 5.41) is 0. The molecule has 0 amide bonds. The molecular weight excluding hydrogens is 174 g/mol. The highest BCUT2D eigenvalue weighted by Gasteiger charge is 2.04. The van der Waals surface area contributed by atoms with E-state index in [0.717, 1.165) is 28.1 Å². The fourth-order valence-corrected chi connectivity index (χ4v) is 1.26. The molecule has 0 fully saturated rings. The largest absolute Gasteiger partial charge is 0.487 e. The quantitative estimate of drug-likeness (QED) is 0.589. The summed E-state index contributed by atoms with van der Waals surface area (Å²) >= 11 is 0. The first-order valence-electron chi connectivity index (χ1n) is 4.64. The topological polar surface area (TPSA) is 35.2 Å². The van der Waals surface area contributed by atoms with Gasteiger partial charge < -0.3 is 10.5 Å². The molecule has 0 unspecified atom stereocenters. The number of aryl methyl sites for hydroxylation is 2. The second-order valence-corrected chi connectivity index (χ2v) is 3.74. The Balaban J connectivity index is 2.90. The van der Waals surface area contributed by atoms with Crippen molar-refractivity contribution in [2.75, 3.05) is 12.3 Å². The van der Waals surface area contributed by atoms with Crippen LogP contribution in [0, 0.1) is 13.8 Å². The predicted octanol–water partition coefficient (Wildman–Crippen LogP) is 2.84. The van der Waals surface area contributed by atoms with E-state index in [4.69, 9.17) is 10.5 Å². The summed E-state index contributed by atoms with van der Waals surface area (Å²) in [5.74, 6) is 0.755. The average molecular weight is 191 g/mol. The van der Waals surface area contributed by atoms with Crippen LogP contribution in [0.2, 0.25) is 0 Å². The van der Waals surface area contributed by atoms with Crippen LogP contribution in [0.3, 0.4) is 0 Å². The van der Waals surface area contributed by atoms with Crippen molar-refractivity contribution in [3.05, 3.63) is 35.4 Å². The van der Waals surface area contributed by atoms with Gasteiger partial charge in [-0.15, -0.1) is 0 Å². The van der Waals surface area contributed by atoms with Gasteiger partial charge in [0.25, 0.3) is 0 Å². The van der Waals surface area contributed by atoms with Gasteiger partial charge in [-0.05, 0) is 43.5 Å². The summed E-state index contributed by atoms with van der Waals surface area (Å²) in [5.41, 5.74) is 9.81. The van der Waals surface area contributed by atoms with Gasteiger partial charge in [-0.2, -0.15) is 0 Å². The van der Waals surface area contributed by atoms with E-state index in [1.807, 2.05) is 32.9 Å². The summed E-state index contributed by atoms with van der Waals surface area (Å²) in [6, 6.07) is 3.99. The summed E-state index contributed by atoms with van der Waals surface area (Å²) in [6.07, 6.45) is 0. The zero-order valence-corrected chi connectivity index (χ0v) is 9.05. The number of nitrogens with two attached hydrogens (primary N) is 1. The minimum Gasteiger partial charge on any atom is -0.487 e. The molecule has 14 heavy (non-hydrogen) atoms. The van der Waals surface area contributed by atoms with E-state index in [-0.39, 0.29) is 0 Å². The molecule has 1 aromatic carbocycles. The maximum absolute atomic E-state index is 5.88. The fourth-order valence-electron chi connectivity index (χ4n) is 1.26. The zero-order chi connectivity index (χ0) is 10.7. The summed E-state index contributed by atoms with van der Waals surface area (Å²) < 4.78 is 5.54. The van der Waals surface area contributed by atoms with Crippen molar-refractivity contribution in [1.29, 1.82) is 0 Å². The number of nitrogen functional groups attached to an aromatic ring is 1. The highest BCUT2D eigenvalue weighted by atomic mass is 16.5. The molecule has 0 radical (unpaired) electrons. The van der Waals surface area contributed by atoms with Crippen LogP contribution in [-0.4, -0.2) is 6.61 Å². The van der Waals surface area contributed by atoms with Gasteiger partial charge in [0, 0.05) is 0 Å². The van der Waals surface area contributed by atoms with Gasteiger partial charge >= 0.3 is 0 Å². The highest BCUT2D eigenvalue weighted by molar-refractivity contribution is 5.59. The van der Waals surface area contributed by atoms with Crippen LogP contribution in [0.1, 0.15) is 18.1 Å². The number of ether oxygens (including phenoxy) is 1. The monoisotopic (exact) mass is 191 g/mol. The third-order valence-corrected chi connectivity index (χ3v) is 1.97. The molecule has 2 heteroatoms. The zero-order valence-electron chi connectivity index (χ0n) is 9.05. The number of rotatable bonds is 3. The Morgan fingerprint density at radius 1 is 1.43 bits per heavy atom. The predicted molar refractivity (Wildman–Crippen MR) is 60.6 cm³/mol. The molecule has 1 aromatic rings. The van der Waals surface area contributed by atoms with E-state index < -0.39 is 0 Å². The maximum Gasteiger partial charge on any atom is 0.143 e. The van der Waals surface area contributed by atoms with Crippen LogP contribution in [0.4, 0.5) is 5.69 Å². The van der Waals surface area contributed by atoms with Crippen LogP contribution in [0.5, 0.6) is 5.75 Å². The lowest BCUT2D eigenvalue weighted by molar-refractivity contribution is 0.354. The number of hydrogen-bond acceptors (Lipinski definition) is 2. The molecule has 0 saturated heterocycles. The Labute approximate surface area is 85.4 Å². The lowest BCUT2D eigenvalue weighted by Crippen LogP contribution is -2.02. The molecule has 0 aliphatic heterocycles. The number of anilines is 1. The van der Waals surface area contributed by atoms with E-state index in [9.17, 15) is 0 Å². The normalized spacial score (nSPS) is 9.93. The van der Waals surface area contributed by atoms with E-state index in [0.29, 0.717) is 6.61 Å². The molecule has 0 aliphatic rings. The fraction of sp³-hybridized carbons (Fsp3) is 0.333. The molecule has 0 heterocycles. The summed E-state index contributed by atoms with van der Waals surface area (Å²) in [7, 11) is 0. The second kappa shape index (κ2) is 4.18. The number of hydrogen-bond donors (Lipinski definition) is 1. The van der Waals surface area contributed by atoms with Gasteiger partial charge in [0.1, 0.15) is 12.4 Å². The van der Waals surface area contributed by atoms with Crippen molar-refractivity contribution in [2.24, 2.45) is 0 Å². The Bertz CT molecular complexity index is 356. The Kier molecular flexibility index (Phi) is 3.18. The Hall–Kier alpha value is -1.44. The van der Waals surface area contributed by atoms with Crippen LogP contribution < -0.4 is 10.5 Å². The van der Waals surface area contributed by atoms with Crippen LogP contribution >= 0.6 is 0 Å². The van der Waals surface area contributed by atoms with Gasteiger partial charge in [0.15, 0.2) is 0 Å². The molecule has 0 bridgehead atoms. The smallest absolute Gasteiger partial charge is 0.143 e. The first-order chi connectivity index (χ1) is 6.50. The minimum atomic E-state index is 0.521. The SMILES string of the molecule is C=C(C)COc1cc(C)cc(C)c1N. The third-order valence-electron chi connectivity index (χ3n) is 1.97. The molecule has 0 atom stereocenters. The van der Waals surface area contributed by atoms with Gasteiger partial charge in [-0.1, -0.05) is 12.6 Å². The second-order valence-electron chi connectivity index (χ2n) is 3.74. The standard InChI is InChI=1S/C12H17NO/c1-8(2)7-14-11-6-9(3)5-10(4)12(11)13/h5-6H,1,7,13H2,2-4H3. The van der Waals surface area contributed by atoms with E-state index in [1.54, 1.807) is 0 Å². The molecule has 0 aliphatic carbocycles. The molecule has 76 valence electrons. The van der Waals surface area contributed by atoms with E-state index in [1.165, 1.54) is 0 Å². The lowest BCUT2D eigenvalue weighted by Gasteiger charge is -2.11. The molecule has 0 spiro atoms. The maximum atomic E-state index is 5.88. The van der Waals surface area contributed by atoms with Crippen molar-refractivity contribution in [3.63, 3.8) is 0 Å². The molecule has 0 aromatic heterocycles. The van der Waals surface area contributed by atoms with Crippen molar-refractivity contribution < 1.29 is 4.74 Å². The van der Waals surface area contributed by atoms with Gasteiger partial charge in [0.05, 0.1) is 5.69 Å². The van der Waals surface area contributed by atoms with Crippen LogP contribution in [0.25, 0.3) is 0 Å². The van der Waals surface area contributed by atoms with Gasteiger partial charge in [-0.3, -0.25) is 0 Å². The van der Waals surface area contributed by atoms with Crippen molar-refractivity contribution in [3.8, 4) is 5.75 Å². The molecule has 1 rings (SSSR count). The molecule has 2 N–H and O–H groups in total. The first-order valence-corrected chi connectivity index (χ1v) is 4.64. The van der Waals surface area contributed by atoms with E-state index >= 15 is 0 Å². The third kappa shape index (κ3) is 2.52.